The second kappa shape index (κ2) is 12.4. The minimum Gasteiger partial charge on any atom is -0.337 e. The molecule has 2 N–H and O–H groups in total. The van der Waals surface area contributed by atoms with Crippen LogP contribution in [0, 0.1) is 17.2 Å². The zero-order valence-electron chi connectivity index (χ0n) is 21.4. The lowest BCUT2D eigenvalue weighted by atomic mass is 9.87. The topological polar surface area (TPSA) is 106 Å². The van der Waals surface area contributed by atoms with Crippen LogP contribution in [0.5, 0.6) is 0 Å². The molecule has 0 bridgehead atoms. The van der Waals surface area contributed by atoms with Gasteiger partial charge in [0.2, 0.25) is 11.8 Å². The second-order valence-corrected chi connectivity index (χ2v) is 10.0. The van der Waals surface area contributed by atoms with Crippen molar-refractivity contribution < 1.29 is 14.4 Å². The van der Waals surface area contributed by atoms with Gasteiger partial charge in [-0.2, -0.15) is 5.26 Å². The number of rotatable bonds is 6. The number of nitriles is 1. The maximum absolute atomic E-state index is 13.7. The van der Waals surface area contributed by atoms with Gasteiger partial charge in [0, 0.05) is 43.7 Å². The lowest BCUT2D eigenvalue weighted by molar-refractivity contribution is -0.146. The maximum atomic E-state index is 13.7. The molecule has 2 aliphatic rings. The van der Waals surface area contributed by atoms with E-state index in [0.717, 1.165) is 31.2 Å². The van der Waals surface area contributed by atoms with Crippen molar-refractivity contribution in [2.45, 2.75) is 57.5 Å². The summed E-state index contributed by atoms with van der Waals surface area (Å²) in [5.41, 5.74) is 1.85. The number of piperazine rings is 1. The number of anilines is 1. The Labute approximate surface area is 218 Å². The van der Waals surface area contributed by atoms with E-state index in [-0.39, 0.29) is 23.8 Å². The Bertz CT molecular complexity index is 1140. The number of amides is 4. The van der Waals surface area contributed by atoms with E-state index in [4.69, 9.17) is 5.26 Å². The summed E-state index contributed by atoms with van der Waals surface area (Å²) in [6.45, 7) is 3.39. The molecule has 2 atom stereocenters. The van der Waals surface area contributed by atoms with Gasteiger partial charge in [0.1, 0.15) is 6.04 Å². The van der Waals surface area contributed by atoms with Crippen LogP contribution in [0.2, 0.25) is 0 Å². The largest absolute Gasteiger partial charge is 0.337 e. The van der Waals surface area contributed by atoms with Crippen LogP contribution in [0.25, 0.3) is 0 Å². The molecule has 0 radical (unpaired) electrons. The minimum absolute atomic E-state index is 0.0768. The molecule has 0 aromatic heterocycles. The number of hydrogen-bond acceptors (Lipinski definition) is 4. The zero-order chi connectivity index (χ0) is 26.2. The number of hydrogen-bond donors (Lipinski definition) is 2. The molecule has 1 saturated carbocycles. The van der Waals surface area contributed by atoms with Gasteiger partial charge in [-0.05, 0) is 43.5 Å². The Morgan fingerprint density at radius 2 is 1.78 bits per heavy atom. The Balaban J connectivity index is 1.42. The predicted octanol–water partition coefficient (Wildman–Crippen LogP) is 3.93. The molecule has 4 rings (SSSR count). The van der Waals surface area contributed by atoms with Gasteiger partial charge in [0.05, 0.1) is 11.6 Å². The molecule has 2 aromatic rings. The van der Waals surface area contributed by atoms with Crippen molar-refractivity contribution in [2.24, 2.45) is 5.92 Å². The van der Waals surface area contributed by atoms with Crippen LogP contribution in [0.1, 0.15) is 50.2 Å². The van der Waals surface area contributed by atoms with Gasteiger partial charge in [0.15, 0.2) is 0 Å². The maximum Gasteiger partial charge on any atom is 0.319 e. The van der Waals surface area contributed by atoms with Crippen LogP contribution in [0.3, 0.4) is 0 Å². The zero-order valence-corrected chi connectivity index (χ0v) is 21.4. The molecule has 37 heavy (non-hydrogen) atoms. The summed E-state index contributed by atoms with van der Waals surface area (Å²) in [5.74, 6) is 0.160. The smallest absolute Gasteiger partial charge is 0.319 e. The molecule has 2 aromatic carbocycles. The van der Waals surface area contributed by atoms with Crippen molar-refractivity contribution >= 4 is 23.5 Å². The summed E-state index contributed by atoms with van der Waals surface area (Å²) in [6.07, 6.45) is 5.69. The van der Waals surface area contributed by atoms with Gasteiger partial charge in [-0.3, -0.25) is 9.59 Å². The van der Waals surface area contributed by atoms with Crippen molar-refractivity contribution in [3.8, 4) is 6.07 Å². The number of nitrogens with one attached hydrogen (secondary N) is 2. The van der Waals surface area contributed by atoms with Crippen molar-refractivity contribution in [1.82, 2.24) is 15.1 Å². The monoisotopic (exact) mass is 501 g/mol. The van der Waals surface area contributed by atoms with Crippen molar-refractivity contribution in [2.75, 3.05) is 25.0 Å². The molecule has 194 valence electrons. The fourth-order valence-corrected chi connectivity index (χ4v) is 5.33. The normalized spacial score (nSPS) is 19.0. The Hall–Kier alpha value is -3.86. The average Bonchev–Trinajstić information content (AvgIpc) is 2.93. The summed E-state index contributed by atoms with van der Waals surface area (Å²) in [7, 11) is 0. The predicted molar refractivity (Wildman–Crippen MR) is 142 cm³/mol. The third-order valence-electron chi connectivity index (χ3n) is 7.31. The van der Waals surface area contributed by atoms with Gasteiger partial charge in [-0.1, -0.05) is 55.7 Å². The first-order valence-electron chi connectivity index (χ1n) is 13.2. The van der Waals surface area contributed by atoms with Gasteiger partial charge < -0.3 is 20.4 Å². The van der Waals surface area contributed by atoms with Crippen LogP contribution < -0.4 is 10.6 Å². The fourth-order valence-electron chi connectivity index (χ4n) is 5.33. The molecule has 2 unspecified atom stereocenters. The number of carbonyl (C=O) groups excluding carboxylic acids is 3. The summed E-state index contributed by atoms with van der Waals surface area (Å²) >= 11 is 0. The lowest BCUT2D eigenvalue weighted by Crippen LogP contribution is -2.60. The fraction of sp³-hybridized carbons (Fsp3) is 0.448. The molecule has 1 saturated heterocycles. The lowest BCUT2D eigenvalue weighted by Gasteiger charge is -2.42. The Morgan fingerprint density at radius 1 is 1.03 bits per heavy atom. The molecule has 1 heterocycles. The van der Waals surface area contributed by atoms with E-state index >= 15 is 0 Å². The third kappa shape index (κ3) is 6.88. The standard InChI is InChI=1S/C29H35N5O3/c1-21-20-33(15-16-34(21)27(35)24-12-6-3-7-13-24)28(36)26(18-22-9-4-2-5-10-22)32-29(37)31-25-14-8-11-23(17-25)19-30/h2,4-5,8-11,14,17,21,24,26H,3,6-7,12-13,15-16,18,20H2,1H3,(H2,31,32,37). The summed E-state index contributed by atoms with van der Waals surface area (Å²) in [4.78, 5) is 43.3. The van der Waals surface area contributed by atoms with Gasteiger partial charge in [-0.15, -0.1) is 0 Å². The van der Waals surface area contributed by atoms with Gasteiger partial charge in [-0.25, -0.2) is 4.79 Å². The van der Waals surface area contributed by atoms with E-state index in [1.54, 1.807) is 29.2 Å². The van der Waals surface area contributed by atoms with E-state index in [9.17, 15) is 14.4 Å². The van der Waals surface area contributed by atoms with Crippen molar-refractivity contribution in [3.63, 3.8) is 0 Å². The SMILES string of the molecule is CC1CN(C(=O)C(Cc2ccccc2)NC(=O)Nc2cccc(C#N)c2)CCN1C(=O)C1CCCCC1. The minimum atomic E-state index is -0.769. The highest BCUT2D eigenvalue weighted by atomic mass is 16.2. The Morgan fingerprint density at radius 3 is 2.49 bits per heavy atom. The average molecular weight is 502 g/mol. The molecule has 1 aliphatic heterocycles. The number of urea groups is 1. The second-order valence-electron chi connectivity index (χ2n) is 10.0. The molecular formula is C29H35N5O3. The van der Waals surface area contributed by atoms with Crippen LogP contribution in [-0.2, 0) is 16.0 Å². The first-order valence-corrected chi connectivity index (χ1v) is 13.2. The summed E-state index contributed by atoms with van der Waals surface area (Å²) in [6, 6.07) is 16.9. The van der Waals surface area contributed by atoms with E-state index in [1.807, 2.05) is 42.2 Å². The van der Waals surface area contributed by atoms with E-state index in [0.29, 0.717) is 37.3 Å². The highest BCUT2D eigenvalue weighted by molar-refractivity contribution is 5.94. The first kappa shape index (κ1) is 26.2. The number of nitrogens with zero attached hydrogens (tertiary/aromatic N) is 3. The van der Waals surface area contributed by atoms with Crippen LogP contribution >= 0.6 is 0 Å². The van der Waals surface area contributed by atoms with Crippen molar-refractivity contribution in [3.05, 3.63) is 65.7 Å². The highest BCUT2D eigenvalue weighted by Gasteiger charge is 2.36. The van der Waals surface area contributed by atoms with Crippen LogP contribution in [0.4, 0.5) is 10.5 Å². The molecule has 1 aliphatic carbocycles. The molecule has 0 spiro atoms. The molecule has 4 amide bonds. The quantitative estimate of drug-likeness (QED) is 0.626. The van der Waals surface area contributed by atoms with Crippen LogP contribution in [-0.4, -0.2) is 59.4 Å². The first-order chi connectivity index (χ1) is 17.9. The molecule has 2 fully saturated rings. The summed E-state index contributed by atoms with van der Waals surface area (Å²) < 4.78 is 0. The highest BCUT2D eigenvalue weighted by Crippen LogP contribution is 2.27. The van der Waals surface area contributed by atoms with Gasteiger partial charge >= 0.3 is 6.03 Å². The van der Waals surface area contributed by atoms with E-state index in [2.05, 4.69) is 16.7 Å². The summed E-state index contributed by atoms with van der Waals surface area (Å²) in [5, 5.41) is 14.7. The van der Waals surface area contributed by atoms with Crippen molar-refractivity contribution in [1.29, 1.82) is 5.26 Å². The van der Waals surface area contributed by atoms with Crippen LogP contribution in [0.15, 0.2) is 54.6 Å². The molecule has 8 heteroatoms. The molecular weight excluding hydrogens is 466 g/mol. The van der Waals surface area contributed by atoms with E-state index in [1.165, 1.54) is 6.42 Å². The number of benzene rings is 2. The third-order valence-corrected chi connectivity index (χ3v) is 7.31. The molecule has 8 nitrogen and oxygen atoms in total. The Kier molecular flexibility index (Phi) is 8.78. The van der Waals surface area contributed by atoms with E-state index < -0.39 is 12.1 Å². The van der Waals surface area contributed by atoms with Gasteiger partial charge in [0.25, 0.3) is 0 Å². The number of carbonyl (C=O) groups is 3.